The number of benzene rings is 2. The molecule has 0 radical (unpaired) electrons. The van der Waals surface area contributed by atoms with Gasteiger partial charge in [0.05, 0.1) is 6.04 Å². The van der Waals surface area contributed by atoms with Gasteiger partial charge in [0.25, 0.3) is 0 Å². The molecule has 1 aliphatic heterocycles. The Hall–Kier alpha value is -3.08. The molecule has 1 heterocycles. The van der Waals surface area contributed by atoms with E-state index >= 15 is 0 Å². The molecule has 2 atom stereocenters. The highest BCUT2D eigenvalue weighted by Gasteiger charge is 2.51. The van der Waals surface area contributed by atoms with Gasteiger partial charge in [0.2, 0.25) is 0 Å². The molecular weight excluding hydrogens is 354 g/mol. The molecule has 2 aromatic carbocycles. The highest BCUT2D eigenvalue weighted by atomic mass is 16.6. The molecule has 0 aliphatic carbocycles. The van der Waals surface area contributed by atoms with Crippen molar-refractivity contribution in [3.8, 4) is 0 Å². The van der Waals surface area contributed by atoms with Gasteiger partial charge in [0, 0.05) is 6.42 Å². The third kappa shape index (κ3) is 4.09. The van der Waals surface area contributed by atoms with E-state index in [1.54, 1.807) is 6.08 Å². The number of hydrogen-bond donors (Lipinski definition) is 1. The maximum Gasteiger partial charge on any atom is 0.411 e. The number of carbonyl (C=O) groups is 2. The van der Waals surface area contributed by atoms with E-state index in [1.165, 1.54) is 4.90 Å². The number of aliphatic carboxylic acids is 1. The molecule has 1 N–H and O–H groups in total. The Labute approximate surface area is 165 Å². The topological polar surface area (TPSA) is 66.8 Å². The van der Waals surface area contributed by atoms with Gasteiger partial charge in [-0.15, -0.1) is 0 Å². The first kappa shape index (κ1) is 19.7. The predicted octanol–water partition coefficient (Wildman–Crippen LogP) is 4.08. The number of nitrogens with zero attached hydrogens (tertiary/aromatic N) is 1. The molecule has 28 heavy (non-hydrogen) atoms. The average molecular weight is 379 g/mol. The second-order valence-electron chi connectivity index (χ2n) is 6.99. The van der Waals surface area contributed by atoms with Gasteiger partial charge in [-0.1, -0.05) is 79.7 Å². The number of ether oxygens (including phenoxy) is 1. The molecule has 0 saturated carbocycles. The van der Waals surface area contributed by atoms with Crippen LogP contribution in [-0.2, 0) is 22.4 Å². The first-order valence-electron chi connectivity index (χ1n) is 9.52. The zero-order valence-corrected chi connectivity index (χ0v) is 16.0. The van der Waals surface area contributed by atoms with Crippen LogP contribution in [0.4, 0.5) is 4.79 Å². The van der Waals surface area contributed by atoms with E-state index in [9.17, 15) is 14.7 Å². The van der Waals surface area contributed by atoms with Gasteiger partial charge < -0.3 is 9.84 Å². The summed E-state index contributed by atoms with van der Waals surface area (Å²) in [6.45, 7) is 2.12. The van der Waals surface area contributed by atoms with Crippen molar-refractivity contribution >= 4 is 12.1 Å². The van der Waals surface area contributed by atoms with Gasteiger partial charge in [-0.05, 0) is 24.0 Å². The fourth-order valence-corrected chi connectivity index (χ4v) is 3.68. The smallest absolute Gasteiger partial charge is 0.411 e. The number of allylic oxidation sites excluding steroid dienone is 1. The molecule has 5 heteroatoms. The summed E-state index contributed by atoms with van der Waals surface area (Å²) in [6.07, 6.45) is 4.27. The lowest BCUT2D eigenvalue weighted by molar-refractivity contribution is -0.147. The number of carboxylic acids is 1. The summed E-state index contributed by atoms with van der Waals surface area (Å²) in [5.41, 5.74) is 0.391. The number of rotatable bonds is 8. The summed E-state index contributed by atoms with van der Waals surface area (Å²) in [5.74, 6) is -1.06. The van der Waals surface area contributed by atoms with E-state index < -0.39 is 17.6 Å². The highest BCUT2D eigenvalue weighted by Crippen LogP contribution is 2.32. The van der Waals surface area contributed by atoms with E-state index in [-0.39, 0.29) is 19.1 Å². The Morgan fingerprint density at radius 3 is 2.32 bits per heavy atom. The van der Waals surface area contributed by atoms with Crippen molar-refractivity contribution in [3.63, 3.8) is 0 Å². The fourth-order valence-electron chi connectivity index (χ4n) is 3.68. The van der Waals surface area contributed by atoms with Crippen LogP contribution >= 0.6 is 0 Å². The Morgan fingerprint density at radius 2 is 1.75 bits per heavy atom. The summed E-state index contributed by atoms with van der Waals surface area (Å²) in [7, 11) is 0. The van der Waals surface area contributed by atoms with Gasteiger partial charge in [0.15, 0.2) is 5.54 Å². The third-order valence-electron chi connectivity index (χ3n) is 5.02. The van der Waals surface area contributed by atoms with Crippen molar-refractivity contribution in [3.05, 3.63) is 83.9 Å². The lowest BCUT2D eigenvalue weighted by atomic mass is 9.86. The van der Waals surface area contributed by atoms with Crippen molar-refractivity contribution in [2.75, 3.05) is 6.61 Å². The first-order valence-corrected chi connectivity index (χ1v) is 9.52. The van der Waals surface area contributed by atoms with Crippen LogP contribution in [0, 0.1) is 0 Å². The molecule has 1 fully saturated rings. The number of cyclic esters (lactones) is 1. The van der Waals surface area contributed by atoms with Crippen LogP contribution in [-0.4, -0.2) is 40.3 Å². The monoisotopic (exact) mass is 379 g/mol. The number of carbonyl (C=O) groups excluding carboxylic acids is 1. The normalized spacial score (nSPS) is 18.8. The zero-order valence-electron chi connectivity index (χ0n) is 16.0. The number of amides is 1. The highest BCUT2D eigenvalue weighted by molar-refractivity contribution is 5.88. The minimum Gasteiger partial charge on any atom is -0.479 e. The molecule has 0 spiro atoms. The molecule has 0 bridgehead atoms. The quantitative estimate of drug-likeness (QED) is 0.702. The Morgan fingerprint density at radius 1 is 1.14 bits per heavy atom. The first-order chi connectivity index (χ1) is 13.6. The zero-order chi connectivity index (χ0) is 20.0. The van der Waals surface area contributed by atoms with Gasteiger partial charge in [-0.2, -0.15) is 0 Å². The van der Waals surface area contributed by atoms with Crippen molar-refractivity contribution in [1.29, 1.82) is 0 Å². The number of carboxylic acid groups (broad SMARTS) is 1. The number of hydrogen-bond acceptors (Lipinski definition) is 3. The second-order valence-corrected chi connectivity index (χ2v) is 6.99. The van der Waals surface area contributed by atoms with Crippen molar-refractivity contribution in [2.24, 2.45) is 0 Å². The third-order valence-corrected chi connectivity index (χ3v) is 5.02. The van der Waals surface area contributed by atoms with Crippen LogP contribution in [0.5, 0.6) is 0 Å². The predicted molar refractivity (Wildman–Crippen MR) is 107 cm³/mol. The Kier molecular flexibility index (Phi) is 6.14. The molecule has 1 aliphatic rings. The molecular formula is C23H25NO4. The maximum absolute atomic E-state index is 12.7. The lowest BCUT2D eigenvalue weighted by Gasteiger charge is -2.38. The van der Waals surface area contributed by atoms with E-state index in [2.05, 4.69) is 0 Å². The largest absolute Gasteiger partial charge is 0.479 e. The SMILES string of the molecule is CCC=C[C@@](Cc1ccccc1)(C(=O)O)N1C(=O)OC[C@H]1Cc1ccccc1. The van der Waals surface area contributed by atoms with Gasteiger partial charge in [-0.3, -0.25) is 4.90 Å². The van der Waals surface area contributed by atoms with Gasteiger partial charge in [0.1, 0.15) is 6.61 Å². The molecule has 0 unspecified atom stereocenters. The van der Waals surface area contributed by atoms with Crippen LogP contribution < -0.4 is 0 Å². The molecule has 0 aromatic heterocycles. The standard InChI is InChI=1S/C23H25NO4/c1-2-3-14-23(21(25)26,16-19-12-8-5-9-13-19)24-20(17-28-22(24)27)15-18-10-6-4-7-11-18/h3-14,20H,2,15-17H2,1H3,(H,25,26)/t20-,23-/m1/s1. The molecule has 146 valence electrons. The van der Waals surface area contributed by atoms with Crippen LogP contribution in [0.2, 0.25) is 0 Å². The van der Waals surface area contributed by atoms with Crippen molar-refractivity contribution in [2.45, 2.75) is 37.8 Å². The summed E-state index contributed by atoms with van der Waals surface area (Å²) in [4.78, 5) is 26.7. The minimum atomic E-state index is -1.50. The molecule has 1 saturated heterocycles. The maximum atomic E-state index is 12.7. The van der Waals surface area contributed by atoms with Crippen LogP contribution in [0.1, 0.15) is 24.5 Å². The average Bonchev–Trinajstić information content (AvgIpc) is 3.07. The van der Waals surface area contributed by atoms with Crippen LogP contribution in [0.25, 0.3) is 0 Å². The van der Waals surface area contributed by atoms with Gasteiger partial charge >= 0.3 is 12.1 Å². The summed E-state index contributed by atoms with van der Waals surface area (Å²) < 4.78 is 5.31. The van der Waals surface area contributed by atoms with Gasteiger partial charge in [-0.25, -0.2) is 9.59 Å². The lowest BCUT2D eigenvalue weighted by Crippen LogP contribution is -2.59. The van der Waals surface area contributed by atoms with Crippen LogP contribution in [0.3, 0.4) is 0 Å². The minimum absolute atomic E-state index is 0.178. The Balaban J connectivity index is 2.01. The summed E-state index contributed by atoms with van der Waals surface area (Å²) in [6, 6.07) is 18.8. The molecule has 3 rings (SSSR count). The van der Waals surface area contributed by atoms with E-state index in [1.807, 2.05) is 73.7 Å². The van der Waals surface area contributed by atoms with Crippen molar-refractivity contribution in [1.82, 2.24) is 4.90 Å². The summed E-state index contributed by atoms with van der Waals surface area (Å²) >= 11 is 0. The van der Waals surface area contributed by atoms with E-state index in [0.29, 0.717) is 12.8 Å². The molecule has 5 nitrogen and oxygen atoms in total. The molecule has 2 aromatic rings. The van der Waals surface area contributed by atoms with E-state index in [4.69, 9.17) is 4.74 Å². The second kappa shape index (κ2) is 8.74. The fraction of sp³-hybridized carbons (Fsp3) is 0.304. The summed E-state index contributed by atoms with van der Waals surface area (Å²) in [5, 5.41) is 10.3. The Bertz CT molecular complexity index is 834. The molecule has 1 amide bonds. The van der Waals surface area contributed by atoms with E-state index in [0.717, 1.165) is 11.1 Å². The van der Waals surface area contributed by atoms with Crippen molar-refractivity contribution < 1.29 is 19.4 Å². The van der Waals surface area contributed by atoms with Crippen LogP contribution in [0.15, 0.2) is 72.8 Å².